The Bertz CT molecular complexity index is 218. The van der Waals surface area contributed by atoms with Crippen molar-refractivity contribution in [1.82, 2.24) is 0 Å². The summed E-state index contributed by atoms with van der Waals surface area (Å²) in [5.74, 6) is -2.19. The number of hydrogen-bond donors (Lipinski definition) is 1. The third-order valence-corrected chi connectivity index (χ3v) is 1.28. The zero-order valence-corrected chi connectivity index (χ0v) is 6.02. The van der Waals surface area contributed by atoms with E-state index in [1.54, 1.807) is 6.92 Å². The van der Waals surface area contributed by atoms with Gasteiger partial charge >= 0.3 is 11.7 Å². The molecule has 0 amide bonds. The van der Waals surface area contributed by atoms with E-state index in [0.29, 0.717) is 12.7 Å². The third kappa shape index (κ3) is 2.31. The Kier molecular flexibility index (Phi) is 3.77. The average molecular weight is 156 g/mol. The van der Waals surface area contributed by atoms with Crippen molar-refractivity contribution in [2.24, 2.45) is 5.92 Å². The fourth-order valence-electron chi connectivity index (χ4n) is 0.630. The standard InChI is InChI=1S/C6H8N2O3/c1-2-4(3-9)5(8-7)6(10)11/h3-4H,2H2,1H3,(H,10,11). The lowest BCUT2D eigenvalue weighted by Crippen LogP contribution is -2.25. The van der Waals surface area contributed by atoms with Crippen LogP contribution in [0.4, 0.5) is 0 Å². The maximum absolute atomic E-state index is 10.2. The van der Waals surface area contributed by atoms with Crippen molar-refractivity contribution < 1.29 is 19.5 Å². The summed E-state index contributed by atoms with van der Waals surface area (Å²) in [5, 5.41) is 8.36. The zero-order chi connectivity index (χ0) is 8.85. The second-order valence-corrected chi connectivity index (χ2v) is 1.94. The van der Waals surface area contributed by atoms with E-state index in [0.717, 1.165) is 0 Å². The van der Waals surface area contributed by atoms with Gasteiger partial charge in [0.1, 0.15) is 12.2 Å². The molecule has 0 bridgehead atoms. The molecule has 60 valence electrons. The molecule has 0 rings (SSSR count). The molecule has 0 radical (unpaired) electrons. The van der Waals surface area contributed by atoms with Crippen LogP contribution in [0.25, 0.3) is 5.53 Å². The molecule has 0 fully saturated rings. The SMILES string of the molecule is CCC(C=O)C(=[N+]=[N-])C(=O)O. The maximum atomic E-state index is 10.2. The zero-order valence-electron chi connectivity index (χ0n) is 6.02. The number of carboxylic acid groups (broad SMARTS) is 1. The minimum absolute atomic E-state index is 0.315. The molecule has 1 atom stereocenters. The Morgan fingerprint density at radius 2 is 2.36 bits per heavy atom. The van der Waals surface area contributed by atoms with Gasteiger partial charge in [0.15, 0.2) is 0 Å². The highest BCUT2D eigenvalue weighted by molar-refractivity contribution is 6.36. The van der Waals surface area contributed by atoms with E-state index in [9.17, 15) is 9.59 Å². The number of rotatable bonds is 4. The van der Waals surface area contributed by atoms with Gasteiger partial charge in [0.25, 0.3) is 0 Å². The van der Waals surface area contributed by atoms with Gasteiger partial charge in [0, 0.05) is 0 Å². The molecule has 0 saturated heterocycles. The van der Waals surface area contributed by atoms with E-state index < -0.39 is 17.6 Å². The van der Waals surface area contributed by atoms with Gasteiger partial charge in [0.05, 0.1) is 0 Å². The fraction of sp³-hybridized carbons (Fsp3) is 0.500. The van der Waals surface area contributed by atoms with Crippen LogP contribution >= 0.6 is 0 Å². The topological polar surface area (TPSA) is 90.8 Å². The largest absolute Gasteiger partial charge is 0.473 e. The highest BCUT2D eigenvalue weighted by atomic mass is 16.4. The molecule has 11 heavy (non-hydrogen) atoms. The normalized spacial score (nSPS) is 11.4. The minimum Gasteiger partial charge on any atom is -0.473 e. The summed E-state index contributed by atoms with van der Waals surface area (Å²) in [6.07, 6.45) is 0.762. The first-order chi connectivity index (χ1) is 5.17. The Balaban J connectivity index is 4.63. The molecule has 0 heterocycles. The number of aldehydes is 1. The molecule has 0 aliphatic rings. The molecule has 0 aliphatic carbocycles. The summed E-state index contributed by atoms with van der Waals surface area (Å²) in [7, 11) is 0. The van der Waals surface area contributed by atoms with Gasteiger partial charge in [-0.25, -0.2) is 4.79 Å². The summed E-state index contributed by atoms with van der Waals surface area (Å²) in [6.45, 7) is 1.63. The van der Waals surface area contributed by atoms with Crippen LogP contribution in [0.2, 0.25) is 0 Å². The van der Waals surface area contributed by atoms with Crippen molar-refractivity contribution in [3.63, 3.8) is 0 Å². The van der Waals surface area contributed by atoms with Crippen molar-refractivity contribution in [2.45, 2.75) is 13.3 Å². The number of carbonyl (C=O) groups is 2. The number of carboxylic acids is 1. The molecule has 5 heteroatoms. The Hall–Kier alpha value is -1.48. The van der Waals surface area contributed by atoms with Crippen molar-refractivity contribution in [1.29, 1.82) is 0 Å². The van der Waals surface area contributed by atoms with Crippen molar-refractivity contribution in [3.05, 3.63) is 5.53 Å². The first kappa shape index (κ1) is 9.52. The van der Waals surface area contributed by atoms with E-state index in [1.807, 2.05) is 0 Å². The van der Waals surface area contributed by atoms with Crippen molar-refractivity contribution >= 4 is 18.0 Å². The molecule has 0 aliphatic heterocycles. The fourth-order valence-corrected chi connectivity index (χ4v) is 0.630. The number of nitrogens with zero attached hydrogens (tertiary/aromatic N) is 2. The smallest absolute Gasteiger partial charge is 0.415 e. The van der Waals surface area contributed by atoms with Crippen LogP contribution in [-0.2, 0) is 9.59 Å². The molecule has 1 N–H and O–H groups in total. The Labute approximate surface area is 63.3 Å². The quantitative estimate of drug-likeness (QED) is 0.268. The lowest BCUT2D eigenvalue weighted by Gasteiger charge is -1.95. The summed E-state index contributed by atoms with van der Waals surface area (Å²) in [4.78, 5) is 22.9. The lowest BCUT2D eigenvalue weighted by atomic mass is 10.0. The average Bonchev–Trinajstić information content (AvgIpc) is 1.99. The molecule has 5 nitrogen and oxygen atoms in total. The van der Waals surface area contributed by atoms with Crippen LogP contribution in [0.1, 0.15) is 13.3 Å². The summed E-state index contributed by atoms with van der Waals surface area (Å²) < 4.78 is 0. The predicted molar refractivity (Wildman–Crippen MR) is 36.1 cm³/mol. The Morgan fingerprint density at radius 1 is 1.82 bits per heavy atom. The van der Waals surface area contributed by atoms with Gasteiger partial charge in [0.2, 0.25) is 0 Å². The van der Waals surface area contributed by atoms with Crippen molar-refractivity contribution in [2.75, 3.05) is 0 Å². The molecular weight excluding hydrogens is 148 g/mol. The van der Waals surface area contributed by atoms with Crippen LogP contribution in [0.3, 0.4) is 0 Å². The molecule has 0 aromatic rings. The predicted octanol–water partition coefficient (Wildman–Crippen LogP) is -0.0331. The van der Waals surface area contributed by atoms with Crippen LogP contribution in [0.15, 0.2) is 0 Å². The van der Waals surface area contributed by atoms with E-state index in [4.69, 9.17) is 10.6 Å². The molecule has 0 aromatic carbocycles. The number of carbonyl (C=O) groups excluding carboxylic acids is 1. The monoisotopic (exact) mass is 156 g/mol. The van der Waals surface area contributed by atoms with Crippen molar-refractivity contribution in [3.8, 4) is 0 Å². The van der Waals surface area contributed by atoms with Gasteiger partial charge in [-0.15, -0.1) is 0 Å². The summed E-state index contributed by atoms with van der Waals surface area (Å²) in [5.41, 5.74) is 7.67. The van der Waals surface area contributed by atoms with Gasteiger partial charge in [-0.2, -0.15) is 4.79 Å². The summed E-state index contributed by atoms with van der Waals surface area (Å²) in [6, 6.07) is 0. The van der Waals surface area contributed by atoms with Gasteiger partial charge in [-0.05, 0) is 6.42 Å². The van der Waals surface area contributed by atoms with Crippen LogP contribution in [0.5, 0.6) is 0 Å². The van der Waals surface area contributed by atoms with Gasteiger partial charge < -0.3 is 15.4 Å². The van der Waals surface area contributed by atoms with Crippen LogP contribution in [0, 0.1) is 5.92 Å². The first-order valence-electron chi connectivity index (χ1n) is 3.07. The second kappa shape index (κ2) is 4.35. The molecular formula is C6H8N2O3. The highest BCUT2D eigenvalue weighted by Gasteiger charge is 2.28. The minimum atomic E-state index is -1.37. The van der Waals surface area contributed by atoms with Crippen LogP contribution in [-0.4, -0.2) is 27.9 Å². The lowest BCUT2D eigenvalue weighted by molar-refractivity contribution is -0.135. The molecule has 0 saturated carbocycles. The van der Waals surface area contributed by atoms with E-state index in [1.165, 1.54) is 0 Å². The van der Waals surface area contributed by atoms with Gasteiger partial charge in [-0.3, -0.25) is 0 Å². The van der Waals surface area contributed by atoms with E-state index in [2.05, 4.69) is 4.79 Å². The number of aliphatic carboxylic acids is 1. The molecule has 1 unspecified atom stereocenters. The summed E-state index contributed by atoms with van der Waals surface area (Å²) >= 11 is 0. The van der Waals surface area contributed by atoms with Gasteiger partial charge in [-0.1, -0.05) is 6.92 Å². The first-order valence-corrected chi connectivity index (χ1v) is 3.07. The van der Waals surface area contributed by atoms with E-state index >= 15 is 0 Å². The highest BCUT2D eigenvalue weighted by Crippen LogP contribution is 1.99. The van der Waals surface area contributed by atoms with Crippen LogP contribution < -0.4 is 0 Å². The molecule has 0 spiro atoms. The number of hydrogen-bond acceptors (Lipinski definition) is 2. The second-order valence-electron chi connectivity index (χ2n) is 1.94. The molecule has 0 aromatic heterocycles. The maximum Gasteiger partial charge on any atom is 0.415 e. The van der Waals surface area contributed by atoms with E-state index in [-0.39, 0.29) is 0 Å². The third-order valence-electron chi connectivity index (χ3n) is 1.28. The Morgan fingerprint density at radius 3 is 2.45 bits per heavy atom.